The van der Waals surface area contributed by atoms with Crippen molar-refractivity contribution in [1.82, 2.24) is 4.90 Å². The monoisotopic (exact) mass is 393 g/mol. The molecule has 1 fully saturated rings. The highest BCUT2D eigenvalue weighted by Crippen LogP contribution is 2.30. The summed E-state index contributed by atoms with van der Waals surface area (Å²) in [6.45, 7) is 2.34. The molecule has 2 aliphatic heterocycles. The van der Waals surface area contributed by atoms with Crippen LogP contribution in [0.15, 0.2) is 48.5 Å². The van der Waals surface area contributed by atoms with Crippen molar-refractivity contribution in [3.05, 3.63) is 54.1 Å². The van der Waals surface area contributed by atoms with Gasteiger partial charge in [-0.15, -0.1) is 0 Å². The molecule has 1 saturated heterocycles. The third kappa shape index (κ3) is 5.35. The molecule has 4 rings (SSSR count). The number of anilines is 2. The normalized spacial score (nSPS) is 17.2. The van der Waals surface area contributed by atoms with Crippen molar-refractivity contribution in [2.45, 2.75) is 25.7 Å². The van der Waals surface area contributed by atoms with Gasteiger partial charge in [0.25, 0.3) is 5.91 Å². The van der Waals surface area contributed by atoms with E-state index in [1.807, 2.05) is 0 Å². The van der Waals surface area contributed by atoms with Gasteiger partial charge in [-0.05, 0) is 62.4 Å². The van der Waals surface area contributed by atoms with Crippen molar-refractivity contribution in [1.29, 1.82) is 0 Å². The van der Waals surface area contributed by atoms with E-state index in [1.165, 1.54) is 12.0 Å². The molecule has 2 aliphatic rings. The SMILES string of the molecule is O=C(CN1CCC(CCc2ccccc2)CC1)Nc1ccc2c(c1)OCC(=O)N2. The molecule has 0 spiro atoms. The minimum absolute atomic E-state index is 0.00359. The van der Waals surface area contributed by atoms with Crippen LogP contribution in [-0.4, -0.2) is 43.0 Å². The van der Waals surface area contributed by atoms with Crippen LogP contribution in [0.3, 0.4) is 0 Å². The van der Waals surface area contributed by atoms with Crippen molar-refractivity contribution in [3.63, 3.8) is 0 Å². The molecular weight excluding hydrogens is 366 g/mol. The molecule has 0 radical (unpaired) electrons. The summed E-state index contributed by atoms with van der Waals surface area (Å²) in [5, 5.41) is 5.68. The highest BCUT2D eigenvalue weighted by atomic mass is 16.5. The van der Waals surface area contributed by atoms with Gasteiger partial charge in [-0.2, -0.15) is 0 Å². The molecule has 152 valence electrons. The second kappa shape index (κ2) is 9.09. The van der Waals surface area contributed by atoms with Crippen LogP contribution < -0.4 is 15.4 Å². The van der Waals surface area contributed by atoms with Crippen molar-refractivity contribution in [2.75, 3.05) is 36.9 Å². The lowest BCUT2D eigenvalue weighted by molar-refractivity contribution is -0.119. The molecule has 0 aliphatic carbocycles. The highest BCUT2D eigenvalue weighted by molar-refractivity contribution is 5.97. The fourth-order valence-corrected chi connectivity index (χ4v) is 4.00. The fourth-order valence-electron chi connectivity index (χ4n) is 4.00. The minimum atomic E-state index is -0.165. The van der Waals surface area contributed by atoms with Crippen molar-refractivity contribution < 1.29 is 14.3 Å². The van der Waals surface area contributed by atoms with E-state index in [0.29, 0.717) is 23.7 Å². The molecule has 0 atom stereocenters. The predicted molar refractivity (Wildman–Crippen MR) is 113 cm³/mol. The van der Waals surface area contributed by atoms with Crippen LogP contribution in [0.5, 0.6) is 5.75 Å². The largest absolute Gasteiger partial charge is 0.482 e. The van der Waals surface area contributed by atoms with Crippen LogP contribution in [0.2, 0.25) is 0 Å². The number of rotatable bonds is 6. The Hall–Kier alpha value is -2.86. The molecule has 29 heavy (non-hydrogen) atoms. The first-order valence-electron chi connectivity index (χ1n) is 10.3. The maximum atomic E-state index is 12.4. The maximum Gasteiger partial charge on any atom is 0.262 e. The van der Waals surface area contributed by atoms with Gasteiger partial charge in [0.05, 0.1) is 12.2 Å². The Bertz CT molecular complexity index is 861. The van der Waals surface area contributed by atoms with Crippen molar-refractivity contribution in [3.8, 4) is 5.75 Å². The summed E-state index contributed by atoms with van der Waals surface area (Å²) in [6, 6.07) is 15.9. The maximum absolute atomic E-state index is 12.4. The Morgan fingerprint density at radius 1 is 1.14 bits per heavy atom. The Kier molecular flexibility index (Phi) is 6.10. The summed E-state index contributed by atoms with van der Waals surface area (Å²) >= 11 is 0. The van der Waals surface area contributed by atoms with E-state index in [4.69, 9.17) is 4.74 Å². The lowest BCUT2D eigenvalue weighted by atomic mass is 9.90. The summed E-state index contributed by atoms with van der Waals surface area (Å²) in [5.41, 5.74) is 2.72. The third-order valence-corrected chi connectivity index (χ3v) is 5.66. The number of ether oxygens (including phenoxy) is 1. The van der Waals surface area contributed by atoms with E-state index in [1.54, 1.807) is 18.2 Å². The van der Waals surface area contributed by atoms with Crippen LogP contribution in [0.4, 0.5) is 11.4 Å². The van der Waals surface area contributed by atoms with Crippen LogP contribution in [0.25, 0.3) is 0 Å². The van der Waals surface area contributed by atoms with Crippen molar-refractivity contribution in [2.24, 2.45) is 5.92 Å². The molecule has 0 aromatic heterocycles. The molecule has 2 heterocycles. The van der Waals surface area contributed by atoms with E-state index in [-0.39, 0.29) is 18.4 Å². The lowest BCUT2D eigenvalue weighted by Crippen LogP contribution is -2.39. The number of hydrogen-bond acceptors (Lipinski definition) is 4. The number of fused-ring (bicyclic) bond motifs is 1. The van der Waals surface area contributed by atoms with Gasteiger partial charge in [-0.1, -0.05) is 30.3 Å². The average Bonchev–Trinajstić information content (AvgIpc) is 2.74. The minimum Gasteiger partial charge on any atom is -0.482 e. The van der Waals surface area contributed by atoms with Gasteiger partial charge in [0, 0.05) is 11.8 Å². The molecular formula is C23H27N3O3. The van der Waals surface area contributed by atoms with E-state index >= 15 is 0 Å². The molecule has 2 amide bonds. The Morgan fingerprint density at radius 2 is 1.93 bits per heavy atom. The Balaban J connectivity index is 1.20. The number of benzene rings is 2. The quantitative estimate of drug-likeness (QED) is 0.790. The summed E-state index contributed by atoms with van der Waals surface area (Å²) in [6.07, 6.45) is 4.64. The van der Waals surface area contributed by atoms with Gasteiger partial charge in [0.1, 0.15) is 5.75 Å². The zero-order valence-electron chi connectivity index (χ0n) is 16.5. The van der Waals surface area contributed by atoms with Gasteiger partial charge in [0.2, 0.25) is 5.91 Å². The molecule has 0 unspecified atom stereocenters. The standard InChI is InChI=1S/C23H27N3O3/c27-22(24-19-8-9-20-21(14-19)29-16-23(28)25-20)15-26-12-10-18(11-13-26)7-6-17-4-2-1-3-5-17/h1-5,8-9,14,18H,6-7,10-13,15-16H2,(H,24,27)(H,25,28). The molecule has 0 saturated carbocycles. The number of nitrogens with one attached hydrogen (secondary N) is 2. The Morgan fingerprint density at radius 3 is 2.72 bits per heavy atom. The Labute approximate surface area is 171 Å². The number of aryl methyl sites for hydroxylation is 1. The lowest BCUT2D eigenvalue weighted by Gasteiger charge is -2.31. The topological polar surface area (TPSA) is 70.7 Å². The summed E-state index contributed by atoms with van der Waals surface area (Å²) in [5.74, 6) is 1.14. The summed E-state index contributed by atoms with van der Waals surface area (Å²) in [7, 11) is 0. The van der Waals surface area contributed by atoms with Crippen LogP contribution in [-0.2, 0) is 16.0 Å². The molecule has 0 bridgehead atoms. The smallest absolute Gasteiger partial charge is 0.262 e. The van der Waals surface area contributed by atoms with E-state index in [0.717, 1.165) is 38.3 Å². The third-order valence-electron chi connectivity index (χ3n) is 5.66. The van der Waals surface area contributed by atoms with Crippen LogP contribution in [0.1, 0.15) is 24.8 Å². The van der Waals surface area contributed by atoms with Crippen molar-refractivity contribution >= 4 is 23.2 Å². The molecule has 6 heteroatoms. The molecule has 2 aromatic carbocycles. The first-order valence-corrected chi connectivity index (χ1v) is 10.3. The number of amides is 2. The number of carbonyl (C=O) groups excluding carboxylic acids is 2. The molecule has 2 aromatic rings. The van der Waals surface area contributed by atoms with E-state index < -0.39 is 0 Å². The zero-order chi connectivity index (χ0) is 20.1. The van der Waals surface area contributed by atoms with E-state index in [2.05, 4.69) is 45.9 Å². The van der Waals surface area contributed by atoms with Gasteiger partial charge < -0.3 is 15.4 Å². The number of nitrogens with zero attached hydrogens (tertiary/aromatic N) is 1. The average molecular weight is 393 g/mol. The first-order chi connectivity index (χ1) is 14.2. The number of piperidine rings is 1. The van der Waals surface area contributed by atoms with Crippen LogP contribution in [0, 0.1) is 5.92 Å². The first kappa shape index (κ1) is 19.5. The zero-order valence-corrected chi connectivity index (χ0v) is 16.5. The molecule has 2 N–H and O–H groups in total. The second-order valence-electron chi connectivity index (χ2n) is 7.84. The molecule has 6 nitrogen and oxygen atoms in total. The highest BCUT2D eigenvalue weighted by Gasteiger charge is 2.21. The van der Waals surface area contributed by atoms with E-state index in [9.17, 15) is 9.59 Å². The number of hydrogen-bond donors (Lipinski definition) is 2. The second-order valence-corrected chi connectivity index (χ2v) is 7.84. The number of likely N-dealkylation sites (tertiary alicyclic amines) is 1. The van der Waals surface area contributed by atoms with Gasteiger partial charge in [-0.25, -0.2) is 0 Å². The fraction of sp³-hybridized carbons (Fsp3) is 0.391. The summed E-state index contributed by atoms with van der Waals surface area (Å²) in [4.78, 5) is 26.0. The van der Waals surface area contributed by atoms with Crippen LogP contribution >= 0.6 is 0 Å². The van der Waals surface area contributed by atoms with Gasteiger partial charge in [0.15, 0.2) is 6.61 Å². The number of carbonyl (C=O) groups is 2. The summed E-state index contributed by atoms with van der Waals surface area (Å²) < 4.78 is 5.40. The van der Waals surface area contributed by atoms with Gasteiger partial charge >= 0.3 is 0 Å². The predicted octanol–water partition coefficient (Wildman–Crippen LogP) is 3.30. The van der Waals surface area contributed by atoms with Gasteiger partial charge in [-0.3, -0.25) is 14.5 Å².